The van der Waals surface area contributed by atoms with Gasteiger partial charge in [0.2, 0.25) is 5.91 Å². The first kappa shape index (κ1) is 27.9. The van der Waals surface area contributed by atoms with E-state index < -0.39 is 23.8 Å². The first-order valence-corrected chi connectivity index (χ1v) is 14.3. The summed E-state index contributed by atoms with van der Waals surface area (Å²) in [6.45, 7) is 2.28. The molecule has 2 fully saturated rings. The number of carboxylic acid groups (broad SMARTS) is 1. The number of carboxylic acids is 1. The van der Waals surface area contributed by atoms with Gasteiger partial charge in [-0.2, -0.15) is 5.26 Å². The molecule has 3 amide bonds. The number of carbonyl (C=O) groups excluding carboxylic acids is 3. The van der Waals surface area contributed by atoms with Crippen molar-refractivity contribution in [2.45, 2.75) is 25.3 Å². The highest BCUT2D eigenvalue weighted by Gasteiger charge is 2.35. The first-order chi connectivity index (χ1) is 19.8. The molecule has 5 rings (SSSR count). The van der Waals surface area contributed by atoms with Crippen LogP contribution in [0.25, 0.3) is 0 Å². The van der Waals surface area contributed by atoms with Gasteiger partial charge in [-0.25, -0.2) is 0 Å². The molecule has 1 saturated heterocycles. The summed E-state index contributed by atoms with van der Waals surface area (Å²) in [5, 5.41) is 26.0. The van der Waals surface area contributed by atoms with Gasteiger partial charge in [0.1, 0.15) is 0 Å². The van der Waals surface area contributed by atoms with E-state index >= 15 is 0 Å². The van der Waals surface area contributed by atoms with Crippen molar-refractivity contribution in [2.24, 2.45) is 5.92 Å². The number of nitrogens with one attached hydrogen (secondary N) is 2. The smallest absolute Gasteiger partial charge is 0.305 e. The number of hydrogen-bond acceptors (Lipinski definition) is 7. The topological polar surface area (TPSA) is 143 Å². The molecule has 1 aliphatic carbocycles. The SMILES string of the molecule is N#Cc1ccc(C(=O)Nc2cc(C(=O)NC(CC(=O)O)c3cccs3)ccc2N2CCN(C(=O)C3CC3)CC2)cc1. The van der Waals surface area contributed by atoms with Crippen molar-refractivity contribution in [3.63, 3.8) is 0 Å². The quantitative estimate of drug-likeness (QED) is 0.354. The second-order valence-electron chi connectivity index (χ2n) is 10.1. The summed E-state index contributed by atoms with van der Waals surface area (Å²) < 4.78 is 0. The third kappa shape index (κ3) is 6.73. The third-order valence-corrected chi connectivity index (χ3v) is 8.20. The van der Waals surface area contributed by atoms with E-state index in [-0.39, 0.29) is 23.8 Å². The number of hydrogen-bond donors (Lipinski definition) is 3. The van der Waals surface area contributed by atoms with Crippen molar-refractivity contribution in [1.82, 2.24) is 10.2 Å². The molecule has 1 saturated carbocycles. The second-order valence-corrected chi connectivity index (χ2v) is 11.1. The number of piperazine rings is 1. The lowest BCUT2D eigenvalue weighted by Crippen LogP contribution is -2.49. The number of benzene rings is 2. The van der Waals surface area contributed by atoms with Gasteiger partial charge in [0.05, 0.1) is 35.5 Å². The van der Waals surface area contributed by atoms with Gasteiger partial charge < -0.3 is 25.5 Å². The van der Waals surface area contributed by atoms with E-state index in [4.69, 9.17) is 5.26 Å². The van der Waals surface area contributed by atoms with Crippen LogP contribution in [0.3, 0.4) is 0 Å². The van der Waals surface area contributed by atoms with E-state index in [9.17, 15) is 24.3 Å². The Balaban J connectivity index is 1.39. The summed E-state index contributed by atoms with van der Waals surface area (Å²) in [4.78, 5) is 55.1. The van der Waals surface area contributed by atoms with Crippen LogP contribution in [0.1, 0.15) is 56.5 Å². The number of rotatable bonds is 9. The molecule has 2 heterocycles. The van der Waals surface area contributed by atoms with Gasteiger partial charge in [0.25, 0.3) is 11.8 Å². The van der Waals surface area contributed by atoms with Crippen LogP contribution in [0.2, 0.25) is 0 Å². The van der Waals surface area contributed by atoms with Crippen molar-refractivity contribution < 1.29 is 24.3 Å². The fourth-order valence-corrected chi connectivity index (χ4v) is 5.61. The van der Waals surface area contributed by atoms with Crippen LogP contribution in [0.4, 0.5) is 11.4 Å². The van der Waals surface area contributed by atoms with Crippen LogP contribution >= 0.6 is 11.3 Å². The molecule has 3 aromatic rings. The fraction of sp³-hybridized carbons (Fsp3) is 0.300. The highest BCUT2D eigenvalue weighted by atomic mass is 32.1. The largest absolute Gasteiger partial charge is 0.481 e. The maximum absolute atomic E-state index is 13.3. The van der Waals surface area contributed by atoms with Crippen LogP contribution in [0.5, 0.6) is 0 Å². The van der Waals surface area contributed by atoms with Gasteiger partial charge in [-0.05, 0) is 66.8 Å². The number of aliphatic carboxylic acids is 1. The Hall–Kier alpha value is -4.69. The molecule has 1 atom stereocenters. The molecular weight excluding hydrogens is 542 g/mol. The molecule has 0 radical (unpaired) electrons. The third-order valence-electron chi connectivity index (χ3n) is 7.21. The predicted molar refractivity (Wildman–Crippen MR) is 154 cm³/mol. The minimum atomic E-state index is -1.03. The van der Waals surface area contributed by atoms with Gasteiger partial charge in [0, 0.05) is 48.1 Å². The summed E-state index contributed by atoms with van der Waals surface area (Å²) >= 11 is 1.36. The predicted octanol–water partition coefficient (Wildman–Crippen LogP) is 3.88. The summed E-state index contributed by atoms with van der Waals surface area (Å²) in [5.74, 6) is -1.55. The normalized spacial score (nSPS) is 15.5. The van der Waals surface area contributed by atoms with Gasteiger partial charge >= 0.3 is 5.97 Å². The van der Waals surface area contributed by atoms with Crippen LogP contribution in [-0.2, 0) is 9.59 Å². The summed E-state index contributed by atoms with van der Waals surface area (Å²) in [6.07, 6.45) is 1.64. The van der Waals surface area contributed by atoms with E-state index in [0.29, 0.717) is 48.7 Å². The van der Waals surface area contributed by atoms with Crippen LogP contribution in [-0.4, -0.2) is 59.9 Å². The summed E-state index contributed by atoms with van der Waals surface area (Å²) in [5.41, 5.74) is 2.17. The highest BCUT2D eigenvalue weighted by Crippen LogP contribution is 2.33. The Kier molecular flexibility index (Phi) is 8.31. The van der Waals surface area contributed by atoms with Crippen molar-refractivity contribution >= 4 is 46.4 Å². The lowest BCUT2D eigenvalue weighted by molar-refractivity contribution is -0.137. The van der Waals surface area contributed by atoms with E-state index in [2.05, 4.69) is 15.5 Å². The van der Waals surface area contributed by atoms with Crippen LogP contribution < -0.4 is 15.5 Å². The minimum absolute atomic E-state index is 0.153. The van der Waals surface area contributed by atoms with Gasteiger partial charge in [-0.1, -0.05) is 6.07 Å². The van der Waals surface area contributed by atoms with Crippen LogP contribution in [0, 0.1) is 17.2 Å². The molecule has 10 nitrogen and oxygen atoms in total. The Morgan fingerprint density at radius 2 is 1.68 bits per heavy atom. The standard InChI is InChI=1S/C30H29N5O5S/c31-18-19-3-5-20(6-4-19)28(38)32-23-16-22(29(39)33-24(17-27(36)37)26-2-1-15-41-26)9-10-25(23)34-11-13-35(14-12-34)30(40)21-7-8-21/h1-6,9-10,15-16,21,24H,7-8,11-14,17H2,(H,32,38)(H,33,39)(H,36,37). The molecule has 1 aromatic heterocycles. The highest BCUT2D eigenvalue weighted by molar-refractivity contribution is 7.10. The number of thiophene rings is 1. The van der Waals surface area contributed by atoms with Crippen molar-refractivity contribution in [3.8, 4) is 6.07 Å². The Morgan fingerprint density at radius 3 is 2.29 bits per heavy atom. The van der Waals surface area contributed by atoms with E-state index in [1.54, 1.807) is 54.6 Å². The number of nitrogens with zero attached hydrogens (tertiary/aromatic N) is 3. The van der Waals surface area contributed by atoms with Gasteiger partial charge in [-0.15, -0.1) is 11.3 Å². The Morgan fingerprint density at radius 1 is 0.976 bits per heavy atom. The zero-order valence-corrected chi connectivity index (χ0v) is 23.0. The lowest BCUT2D eigenvalue weighted by Gasteiger charge is -2.37. The first-order valence-electron chi connectivity index (χ1n) is 13.4. The zero-order chi connectivity index (χ0) is 28.9. The molecule has 41 heavy (non-hydrogen) atoms. The molecule has 11 heteroatoms. The van der Waals surface area contributed by atoms with Crippen molar-refractivity contribution in [1.29, 1.82) is 5.26 Å². The van der Waals surface area contributed by atoms with E-state index in [1.165, 1.54) is 11.3 Å². The maximum Gasteiger partial charge on any atom is 0.305 e. The summed E-state index contributed by atoms with van der Waals surface area (Å²) in [6, 6.07) is 16.1. The molecule has 0 spiro atoms. The van der Waals surface area contributed by atoms with Gasteiger partial charge in [0.15, 0.2) is 0 Å². The monoisotopic (exact) mass is 571 g/mol. The second kappa shape index (κ2) is 12.2. The van der Waals surface area contributed by atoms with Gasteiger partial charge in [-0.3, -0.25) is 19.2 Å². The number of carbonyl (C=O) groups is 4. The molecule has 1 unspecified atom stereocenters. The molecule has 2 aromatic carbocycles. The number of nitriles is 1. The Bertz CT molecular complexity index is 1490. The number of amides is 3. The molecule has 1 aliphatic heterocycles. The fourth-order valence-electron chi connectivity index (χ4n) is 4.83. The summed E-state index contributed by atoms with van der Waals surface area (Å²) in [7, 11) is 0. The molecular formula is C30H29N5O5S. The molecule has 210 valence electrons. The molecule has 2 aliphatic rings. The van der Waals surface area contributed by atoms with Crippen molar-refractivity contribution in [2.75, 3.05) is 36.4 Å². The Labute approximate surface area is 241 Å². The molecule has 0 bridgehead atoms. The average Bonchev–Trinajstić information content (AvgIpc) is 3.69. The molecule has 3 N–H and O–H groups in total. The van der Waals surface area contributed by atoms with Crippen molar-refractivity contribution in [3.05, 3.63) is 81.5 Å². The van der Waals surface area contributed by atoms with Crippen LogP contribution in [0.15, 0.2) is 60.0 Å². The minimum Gasteiger partial charge on any atom is -0.481 e. The average molecular weight is 572 g/mol. The lowest BCUT2D eigenvalue weighted by atomic mass is 10.1. The van der Waals surface area contributed by atoms with E-state index in [0.717, 1.165) is 17.7 Å². The maximum atomic E-state index is 13.3. The zero-order valence-electron chi connectivity index (χ0n) is 22.2. The van der Waals surface area contributed by atoms with E-state index in [1.807, 2.05) is 16.3 Å². The number of anilines is 2.